The van der Waals surface area contributed by atoms with Crippen molar-refractivity contribution in [1.29, 1.82) is 0 Å². The number of nitrogens with zero attached hydrogens (tertiary/aromatic N) is 3. The first kappa shape index (κ1) is 8.00. The third-order valence-electron chi connectivity index (χ3n) is 1.65. The molecule has 0 aliphatic heterocycles. The highest BCUT2D eigenvalue weighted by Crippen LogP contribution is 2.13. The van der Waals surface area contributed by atoms with E-state index in [2.05, 4.69) is 10.2 Å². The van der Waals surface area contributed by atoms with E-state index in [9.17, 15) is 4.79 Å². The molecule has 0 aromatic carbocycles. The molecule has 2 rings (SSSR count). The van der Waals surface area contributed by atoms with E-state index < -0.39 is 5.91 Å². The number of amides is 1. The Bertz CT molecular complexity index is 478. The SMILES string of the molecule is NC(=O)c1cc(Cl)n2cnnc2c1. The first-order chi connectivity index (χ1) is 6.18. The lowest BCUT2D eigenvalue weighted by molar-refractivity contribution is 0.100. The summed E-state index contributed by atoms with van der Waals surface area (Å²) in [6.07, 6.45) is 1.46. The van der Waals surface area contributed by atoms with Gasteiger partial charge in [-0.2, -0.15) is 0 Å². The van der Waals surface area contributed by atoms with Crippen molar-refractivity contribution in [2.75, 3.05) is 0 Å². The molecule has 0 spiro atoms. The summed E-state index contributed by atoms with van der Waals surface area (Å²) < 4.78 is 1.55. The Hall–Kier alpha value is -1.62. The molecule has 0 unspecified atom stereocenters. The van der Waals surface area contributed by atoms with Crippen molar-refractivity contribution < 1.29 is 4.79 Å². The zero-order valence-corrected chi connectivity index (χ0v) is 7.19. The Balaban J connectivity index is 2.77. The number of hydrogen-bond acceptors (Lipinski definition) is 3. The van der Waals surface area contributed by atoms with Crippen LogP contribution in [0, 0.1) is 0 Å². The van der Waals surface area contributed by atoms with Crippen molar-refractivity contribution in [2.45, 2.75) is 0 Å². The normalized spacial score (nSPS) is 10.5. The molecule has 0 radical (unpaired) electrons. The second-order valence-corrected chi connectivity index (χ2v) is 2.88. The Morgan fingerprint density at radius 3 is 3.00 bits per heavy atom. The Labute approximate surface area is 78.1 Å². The van der Waals surface area contributed by atoms with Gasteiger partial charge in [0.15, 0.2) is 5.65 Å². The smallest absolute Gasteiger partial charge is 0.248 e. The minimum absolute atomic E-state index is 0.325. The Kier molecular flexibility index (Phi) is 1.66. The van der Waals surface area contributed by atoms with Crippen molar-refractivity contribution in [1.82, 2.24) is 14.6 Å². The van der Waals surface area contributed by atoms with Gasteiger partial charge in [0.25, 0.3) is 0 Å². The third kappa shape index (κ3) is 1.23. The lowest BCUT2D eigenvalue weighted by Crippen LogP contribution is -2.11. The number of hydrogen-bond donors (Lipinski definition) is 1. The first-order valence-corrected chi connectivity index (χ1v) is 3.85. The summed E-state index contributed by atoms with van der Waals surface area (Å²) in [5, 5.41) is 7.74. The molecule has 2 aromatic heterocycles. The van der Waals surface area contributed by atoms with Gasteiger partial charge in [-0.25, -0.2) is 0 Å². The molecule has 0 aliphatic rings. The van der Waals surface area contributed by atoms with Gasteiger partial charge in [0.2, 0.25) is 5.91 Å². The quantitative estimate of drug-likeness (QED) is 0.675. The molecule has 2 heterocycles. The molecule has 13 heavy (non-hydrogen) atoms. The maximum absolute atomic E-state index is 10.8. The van der Waals surface area contributed by atoms with Crippen LogP contribution in [0.4, 0.5) is 0 Å². The van der Waals surface area contributed by atoms with Crippen LogP contribution in [0.1, 0.15) is 10.4 Å². The molecular formula is C7H5ClN4O. The van der Waals surface area contributed by atoms with E-state index in [-0.39, 0.29) is 0 Å². The van der Waals surface area contributed by atoms with Crippen LogP contribution in [0.5, 0.6) is 0 Å². The minimum Gasteiger partial charge on any atom is -0.366 e. The van der Waals surface area contributed by atoms with Gasteiger partial charge in [0.1, 0.15) is 11.5 Å². The molecule has 2 aromatic rings. The van der Waals surface area contributed by atoms with Gasteiger partial charge in [-0.1, -0.05) is 11.6 Å². The molecule has 6 heteroatoms. The molecule has 0 saturated carbocycles. The summed E-state index contributed by atoms with van der Waals surface area (Å²) in [6.45, 7) is 0. The predicted molar refractivity (Wildman–Crippen MR) is 46.5 cm³/mol. The summed E-state index contributed by atoms with van der Waals surface area (Å²) in [6, 6.07) is 3.00. The predicted octanol–water partition coefficient (Wildman–Crippen LogP) is 0.482. The summed E-state index contributed by atoms with van der Waals surface area (Å²) in [5.74, 6) is -0.535. The third-order valence-corrected chi connectivity index (χ3v) is 1.94. The van der Waals surface area contributed by atoms with Gasteiger partial charge in [0, 0.05) is 5.56 Å². The number of nitrogens with two attached hydrogens (primary N) is 1. The van der Waals surface area contributed by atoms with Crippen LogP contribution in [0.15, 0.2) is 18.5 Å². The number of rotatable bonds is 1. The second-order valence-electron chi connectivity index (χ2n) is 2.49. The second kappa shape index (κ2) is 2.70. The topological polar surface area (TPSA) is 73.3 Å². The molecule has 0 atom stereocenters. The number of halogens is 1. The van der Waals surface area contributed by atoms with Crippen molar-refractivity contribution in [3.05, 3.63) is 29.2 Å². The molecular weight excluding hydrogens is 192 g/mol. The lowest BCUT2D eigenvalue weighted by Gasteiger charge is -1.98. The van der Waals surface area contributed by atoms with E-state index in [1.807, 2.05) is 0 Å². The Morgan fingerprint density at radius 2 is 2.31 bits per heavy atom. The first-order valence-electron chi connectivity index (χ1n) is 3.47. The maximum Gasteiger partial charge on any atom is 0.248 e. The zero-order valence-electron chi connectivity index (χ0n) is 6.44. The highest BCUT2D eigenvalue weighted by Gasteiger charge is 2.06. The fraction of sp³-hybridized carbons (Fsp3) is 0. The summed E-state index contributed by atoms with van der Waals surface area (Å²) in [5.41, 5.74) is 5.91. The van der Waals surface area contributed by atoms with Crippen LogP contribution in [-0.2, 0) is 0 Å². The number of aromatic nitrogens is 3. The standard InChI is InChI=1S/C7H5ClN4O/c8-5-1-4(7(9)13)2-6-11-10-3-12(5)6/h1-3H,(H2,9,13). The van der Waals surface area contributed by atoms with Crippen molar-refractivity contribution in [2.24, 2.45) is 5.73 Å². The van der Waals surface area contributed by atoms with E-state index in [4.69, 9.17) is 17.3 Å². The number of primary amides is 1. The van der Waals surface area contributed by atoms with Crippen LogP contribution in [-0.4, -0.2) is 20.5 Å². The van der Waals surface area contributed by atoms with Crippen molar-refractivity contribution in [3.8, 4) is 0 Å². The summed E-state index contributed by atoms with van der Waals surface area (Å²) in [4.78, 5) is 10.8. The molecule has 5 nitrogen and oxygen atoms in total. The van der Waals surface area contributed by atoms with Crippen molar-refractivity contribution >= 4 is 23.2 Å². The minimum atomic E-state index is -0.535. The largest absolute Gasteiger partial charge is 0.366 e. The monoisotopic (exact) mass is 196 g/mol. The van der Waals surface area contributed by atoms with Gasteiger partial charge >= 0.3 is 0 Å². The van der Waals surface area contributed by atoms with E-state index in [1.54, 1.807) is 4.40 Å². The average Bonchev–Trinajstić information content (AvgIpc) is 2.51. The van der Waals surface area contributed by atoms with E-state index in [1.165, 1.54) is 18.5 Å². The zero-order chi connectivity index (χ0) is 9.42. The number of pyridine rings is 1. The summed E-state index contributed by atoms with van der Waals surface area (Å²) >= 11 is 5.82. The van der Waals surface area contributed by atoms with Crippen LogP contribution in [0.25, 0.3) is 5.65 Å². The van der Waals surface area contributed by atoms with Crippen LogP contribution >= 0.6 is 11.6 Å². The van der Waals surface area contributed by atoms with Crippen LogP contribution in [0.3, 0.4) is 0 Å². The Morgan fingerprint density at radius 1 is 1.54 bits per heavy atom. The highest BCUT2D eigenvalue weighted by atomic mass is 35.5. The number of fused-ring (bicyclic) bond motifs is 1. The lowest BCUT2D eigenvalue weighted by atomic mass is 10.2. The highest BCUT2D eigenvalue weighted by molar-refractivity contribution is 6.30. The molecule has 66 valence electrons. The molecule has 0 saturated heterocycles. The fourth-order valence-electron chi connectivity index (χ4n) is 1.03. The number of carbonyl (C=O) groups is 1. The van der Waals surface area contributed by atoms with E-state index >= 15 is 0 Å². The van der Waals surface area contributed by atoms with Crippen molar-refractivity contribution in [3.63, 3.8) is 0 Å². The van der Waals surface area contributed by atoms with E-state index in [0.29, 0.717) is 16.4 Å². The maximum atomic E-state index is 10.8. The summed E-state index contributed by atoms with van der Waals surface area (Å²) in [7, 11) is 0. The molecule has 0 bridgehead atoms. The van der Waals surface area contributed by atoms with Crippen LogP contribution in [0.2, 0.25) is 5.15 Å². The molecule has 0 fully saturated rings. The fourth-order valence-corrected chi connectivity index (χ4v) is 1.28. The van der Waals surface area contributed by atoms with Gasteiger partial charge in [0.05, 0.1) is 0 Å². The van der Waals surface area contributed by atoms with Gasteiger partial charge in [-0.05, 0) is 12.1 Å². The molecule has 0 aliphatic carbocycles. The molecule has 1 amide bonds. The molecule has 2 N–H and O–H groups in total. The van der Waals surface area contributed by atoms with Crippen LogP contribution < -0.4 is 5.73 Å². The average molecular weight is 197 g/mol. The van der Waals surface area contributed by atoms with Gasteiger partial charge < -0.3 is 5.73 Å². The van der Waals surface area contributed by atoms with E-state index in [0.717, 1.165) is 0 Å². The van der Waals surface area contributed by atoms with Gasteiger partial charge in [-0.15, -0.1) is 10.2 Å². The van der Waals surface area contributed by atoms with Gasteiger partial charge in [-0.3, -0.25) is 9.20 Å². The number of carbonyl (C=O) groups excluding carboxylic acids is 1.